The first-order chi connectivity index (χ1) is 12.6. The van der Waals surface area contributed by atoms with Gasteiger partial charge in [-0.1, -0.05) is 0 Å². The molecule has 0 aliphatic carbocycles. The molecule has 1 aromatic carbocycles. The number of nitrogens with one attached hydrogen (secondary N) is 1. The summed E-state index contributed by atoms with van der Waals surface area (Å²) < 4.78 is 27.0. The summed E-state index contributed by atoms with van der Waals surface area (Å²) in [7, 11) is 0. The molecule has 0 fully saturated rings. The number of pyridine rings is 1. The second kappa shape index (κ2) is 7.05. The molecule has 3 aromatic rings. The summed E-state index contributed by atoms with van der Waals surface area (Å²) in [5.74, 6) is -0.852. The van der Waals surface area contributed by atoms with Gasteiger partial charge in [-0.25, -0.2) is 13.8 Å². The molecule has 0 radical (unpaired) electrons. The number of hydrogen-bond donors (Lipinski definition) is 1. The number of amides is 1. The molecule has 4 rings (SSSR count). The number of anilines is 3. The van der Waals surface area contributed by atoms with E-state index in [9.17, 15) is 13.6 Å². The second-order valence-electron chi connectivity index (χ2n) is 5.54. The average Bonchev–Trinajstić information content (AvgIpc) is 3.14. The van der Waals surface area contributed by atoms with Crippen molar-refractivity contribution in [3.05, 3.63) is 65.2 Å². The standard InChI is InChI=1S/C18H13F2N3OS2/c19-11-3-4-12(20)13(10-11)22-17(24)15-5-6-16(26-15)23-8-9-25-18-14(23)2-1-7-21-18/h1-7,10H,8-9H2,(H,22,24). The minimum absolute atomic E-state index is 0.172. The van der Waals surface area contributed by atoms with Crippen molar-refractivity contribution in [2.24, 2.45) is 0 Å². The highest BCUT2D eigenvalue weighted by molar-refractivity contribution is 7.99. The van der Waals surface area contributed by atoms with Gasteiger partial charge in [0.25, 0.3) is 5.91 Å². The Morgan fingerprint density at radius 1 is 1.19 bits per heavy atom. The summed E-state index contributed by atoms with van der Waals surface area (Å²) in [6, 6.07) is 10.4. The molecule has 132 valence electrons. The summed E-state index contributed by atoms with van der Waals surface area (Å²) >= 11 is 3.00. The summed E-state index contributed by atoms with van der Waals surface area (Å²) in [5, 5.41) is 4.29. The van der Waals surface area contributed by atoms with Crippen LogP contribution in [-0.2, 0) is 0 Å². The zero-order valence-electron chi connectivity index (χ0n) is 13.4. The summed E-state index contributed by atoms with van der Waals surface area (Å²) in [6.07, 6.45) is 1.76. The fourth-order valence-corrected chi connectivity index (χ4v) is 4.52. The molecule has 0 spiro atoms. The molecular weight excluding hydrogens is 376 g/mol. The lowest BCUT2D eigenvalue weighted by atomic mass is 10.3. The van der Waals surface area contributed by atoms with E-state index < -0.39 is 17.5 Å². The fourth-order valence-electron chi connectivity index (χ4n) is 2.65. The molecule has 8 heteroatoms. The first-order valence-electron chi connectivity index (χ1n) is 7.83. The zero-order chi connectivity index (χ0) is 18.1. The van der Waals surface area contributed by atoms with Crippen LogP contribution in [0.25, 0.3) is 0 Å². The summed E-state index contributed by atoms with van der Waals surface area (Å²) in [4.78, 5) is 19.3. The highest BCUT2D eigenvalue weighted by atomic mass is 32.2. The first-order valence-corrected chi connectivity index (χ1v) is 9.63. The molecule has 0 saturated carbocycles. The van der Waals surface area contributed by atoms with Gasteiger partial charge in [-0.2, -0.15) is 0 Å². The van der Waals surface area contributed by atoms with E-state index >= 15 is 0 Å². The Balaban J connectivity index is 1.57. The van der Waals surface area contributed by atoms with Gasteiger partial charge < -0.3 is 10.2 Å². The molecule has 2 aromatic heterocycles. The molecule has 0 bridgehead atoms. The Kier molecular flexibility index (Phi) is 4.60. The van der Waals surface area contributed by atoms with Gasteiger partial charge in [-0.05, 0) is 36.4 Å². The van der Waals surface area contributed by atoms with E-state index in [1.165, 1.54) is 11.3 Å². The minimum Gasteiger partial charge on any atom is -0.330 e. The number of carbonyl (C=O) groups excluding carboxylic acids is 1. The number of aromatic nitrogens is 1. The molecule has 4 nitrogen and oxygen atoms in total. The van der Waals surface area contributed by atoms with Gasteiger partial charge >= 0.3 is 0 Å². The van der Waals surface area contributed by atoms with Crippen LogP contribution in [0.1, 0.15) is 9.67 Å². The molecule has 1 amide bonds. The van der Waals surface area contributed by atoms with Gasteiger partial charge in [0.1, 0.15) is 16.7 Å². The van der Waals surface area contributed by atoms with Crippen LogP contribution in [-0.4, -0.2) is 23.2 Å². The molecule has 1 aliphatic heterocycles. The minimum atomic E-state index is -0.676. The average molecular weight is 389 g/mol. The van der Waals surface area contributed by atoms with Gasteiger partial charge in [0.2, 0.25) is 0 Å². The third-order valence-electron chi connectivity index (χ3n) is 3.85. The van der Waals surface area contributed by atoms with Gasteiger partial charge in [-0.15, -0.1) is 23.1 Å². The van der Waals surface area contributed by atoms with Crippen molar-refractivity contribution in [2.75, 3.05) is 22.5 Å². The van der Waals surface area contributed by atoms with E-state index in [1.54, 1.807) is 24.0 Å². The van der Waals surface area contributed by atoms with Crippen LogP contribution in [0.3, 0.4) is 0 Å². The number of thiophene rings is 1. The van der Waals surface area contributed by atoms with Crippen molar-refractivity contribution < 1.29 is 13.6 Å². The highest BCUT2D eigenvalue weighted by Gasteiger charge is 2.22. The van der Waals surface area contributed by atoms with E-state index in [1.807, 2.05) is 18.2 Å². The van der Waals surface area contributed by atoms with Crippen LogP contribution in [0.15, 0.2) is 53.7 Å². The lowest BCUT2D eigenvalue weighted by Gasteiger charge is -2.28. The Bertz CT molecular complexity index is 977. The Morgan fingerprint density at radius 2 is 2.08 bits per heavy atom. The number of hydrogen-bond acceptors (Lipinski definition) is 5. The number of carbonyl (C=O) groups is 1. The van der Waals surface area contributed by atoms with Gasteiger partial charge in [-0.3, -0.25) is 4.79 Å². The smallest absolute Gasteiger partial charge is 0.265 e. The van der Waals surface area contributed by atoms with E-state index in [-0.39, 0.29) is 5.69 Å². The number of rotatable bonds is 3. The maximum atomic E-state index is 13.7. The maximum absolute atomic E-state index is 13.7. The molecular formula is C18H13F2N3OS2. The molecule has 0 atom stereocenters. The first kappa shape index (κ1) is 17.0. The van der Waals surface area contributed by atoms with Crippen LogP contribution in [0, 0.1) is 11.6 Å². The number of thioether (sulfide) groups is 1. The Morgan fingerprint density at radius 3 is 2.96 bits per heavy atom. The molecule has 1 N–H and O–H groups in total. The van der Waals surface area contributed by atoms with Crippen LogP contribution in [0.4, 0.5) is 25.2 Å². The lowest BCUT2D eigenvalue weighted by molar-refractivity contribution is 0.103. The van der Waals surface area contributed by atoms with Gasteiger partial charge in [0.05, 0.1) is 21.3 Å². The quantitative estimate of drug-likeness (QED) is 0.691. The molecule has 3 heterocycles. The molecule has 0 saturated heterocycles. The third kappa shape index (κ3) is 3.30. The number of halogens is 2. The largest absolute Gasteiger partial charge is 0.330 e. The Labute approximate surface area is 156 Å². The van der Waals surface area contributed by atoms with Crippen LogP contribution in [0.2, 0.25) is 0 Å². The monoisotopic (exact) mass is 389 g/mol. The molecule has 0 unspecified atom stereocenters. The van der Waals surface area contributed by atoms with Gasteiger partial charge in [0.15, 0.2) is 0 Å². The number of nitrogens with zero attached hydrogens (tertiary/aromatic N) is 2. The lowest BCUT2D eigenvalue weighted by Crippen LogP contribution is -2.23. The van der Waals surface area contributed by atoms with Crippen molar-refractivity contribution in [3.63, 3.8) is 0 Å². The molecule has 26 heavy (non-hydrogen) atoms. The van der Waals surface area contributed by atoms with Gasteiger partial charge in [0, 0.05) is 24.6 Å². The number of fused-ring (bicyclic) bond motifs is 1. The number of benzene rings is 1. The van der Waals surface area contributed by atoms with Crippen molar-refractivity contribution in [1.82, 2.24) is 4.98 Å². The van der Waals surface area contributed by atoms with E-state index in [4.69, 9.17) is 0 Å². The predicted octanol–water partition coefficient (Wildman–Crippen LogP) is 4.92. The van der Waals surface area contributed by atoms with E-state index in [2.05, 4.69) is 15.2 Å². The SMILES string of the molecule is O=C(Nc1cc(F)ccc1F)c1ccc(N2CCSc3ncccc32)s1. The highest BCUT2D eigenvalue weighted by Crippen LogP contribution is 2.40. The van der Waals surface area contributed by atoms with Crippen molar-refractivity contribution >= 4 is 45.4 Å². The second-order valence-corrected chi connectivity index (χ2v) is 7.69. The zero-order valence-corrected chi connectivity index (χ0v) is 15.0. The van der Waals surface area contributed by atoms with E-state index in [0.29, 0.717) is 4.88 Å². The normalized spacial score (nSPS) is 13.4. The Hall–Kier alpha value is -2.45. The summed E-state index contributed by atoms with van der Waals surface area (Å²) in [5.41, 5.74) is 0.836. The predicted molar refractivity (Wildman–Crippen MR) is 101 cm³/mol. The topological polar surface area (TPSA) is 45.2 Å². The van der Waals surface area contributed by atoms with Crippen molar-refractivity contribution in [2.45, 2.75) is 5.03 Å². The molecule has 1 aliphatic rings. The fraction of sp³-hybridized carbons (Fsp3) is 0.111. The van der Waals surface area contributed by atoms with E-state index in [0.717, 1.165) is 46.2 Å². The van der Waals surface area contributed by atoms with Crippen LogP contribution >= 0.6 is 23.1 Å². The van der Waals surface area contributed by atoms with Crippen LogP contribution in [0.5, 0.6) is 0 Å². The maximum Gasteiger partial charge on any atom is 0.265 e. The summed E-state index contributed by atoms with van der Waals surface area (Å²) in [6.45, 7) is 0.809. The van der Waals surface area contributed by atoms with Crippen molar-refractivity contribution in [3.8, 4) is 0 Å². The van der Waals surface area contributed by atoms with Crippen molar-refractivity contribution in [1.29, 1.82) is 0 Å². The third-order valence-corrected chi connectivity index (χ3v) is 5.94. The van der Waals surface area contributed by atoms with Crippen LogP contribution < -0.4 is 10.2 Å².